The van der Waals surface area contributed by atoms with Gasteiger partial charge in [0.2, 0.25) is 0 Å². The number of aromatic nitrogens is 4. The van der Waals surface area contributed by atoms with Crippen LogP contribution < -0.4 is 5.32 Å². The maximum Gasteiger partial charge on any atom is 0.256 e. The Morgan fingerprint density at radius 1 is 1.04 bits per heavy atom. The number of benzene rings is 2. The first-order valence-electron chi connectivity index (χ1n) is 7.97. The fourth-order valence-corrected chi connectivity index (χ4v) is 3.12. The lowest BCUT2D eigenvalue weighted by atomic mass is 10.1. The van der Waals surface area contributed by atoms with Crippen LogP contribution in [0, 0.1) is 6.92 Å². The van der Waals surface area contributed by atoms with Crippen LogP contribution >= 0.6 is 15.9 Å². The van der Waals surface area contributed by atoms with E-state index in [1.54, 1.807) is 10.6 Å². The second-order valence-electron chi connectivity index (χ2n) is 5.75. The molecule has 1 N–H and O–H groups in total. The van der Waals surface area contributed by atoms with Crippen LogP contribution in [0.25, 0.3) is 16.9 Å². The highest BCUT2D eigenvalue weighted by Gasteiger charge is 2.11. The van der Waals surface area contributed by atoms with Gasteiger partial charge in [-0.3, -0.25) is 4.79 Å². The Balaban J connectivity index is 1.64. The van der Waals surface area contributed by atoms with Gasteiger partial charge in [-0.15, -0.1) is 10.2 Å². The minimum Gasteiger partial charge on any atom is -0.322 e. The van der Waals surface area contributed by atoms with Crippen LogP contribution in [0.15, 0.2) is 65.1 Å². The van der Waals surface area contributed by atoms with Gasteiger partial charge in [-0.25, -0.2) is 0 Å². The van der Waals surface area contributed by atoms with Crippen LogP contribution in [0.3, 0.4) is 0 Å². The predicted octanol–water partition coefficient (Wildman–Crippen LogP) is 4.11. The van der Waals surface area contributed by atoms with E-state index in [9.17, 15) is 4.79 Å². The van der Waals surface area contributed by atoms with Crippen molar-refractivity contribution in [3.8, 4) is 11.3 Å². The highest BCUT2D eigenvalue weighted by Crippen LogP contribution is 2.23. The maximum absolute atomic E-state index is 12.5. The summed E-state index contributed by atoms with van der Waals surface area (Å²) in [5.41, 5.74) is 3.65. The molecule has 0 spiro atoms. The summed E-state index contributed by atoms with van der Waals surface area (Å²) in [5, 5.41) is 15.6. The molecular formula is C19H14BrN5O. The number of rotatable bonds is 3. The van der Waals surface area contributed by atoms with Crippen molar-refractivity contribution in [2.75, 3.05) is 5.32 Å². The van der Waals surface area contributed by atoms with Crippen molar-refractivity contribution in [2.24, 2.45) is 0 Å². The summed E-state index contributed by atoms with van der Waals surface area (Å²) in [4.78, 5) is 12.5. The Labute approximate surface area is 158 Å². The van der Waals surface area contributed by atoms with Gasteiger partial charge in [0, 0.05) is 15.7 Å². The minimum absolute atomic E-state index is 0.173. The second kappa shape index (κ2) is 6.68. The lowest BCUT2D eigenvalue weighted by Gasteiger charge is -2.09. The molecule has 2 aromatic carbocycles. The normalized spacial score (nSPS) is 10.8. The Morgan fingerprint density at radius 2 is 1.88 bits per heavy atom. The number of aryl methyl sites for hydroxylation is 1. The molecule has 6 nitrogen and oxygen atoms in total. The van der Waals surface area contributed by atoms with Crippen LogP contribution in [0.5, 0.6) is 0 Å². The van der Waals surface area contributed by atoms with Gasteiger partial charge >= 0.3 is 0 Å². The Hall–Kier alpha value is -3.06. The second-order valence-corrected chi connectivity index (χ2v) is 6.60. The molecule has 2 heterocycles. The molecule has 0 aliphatic heterocycles. The lowest BCUT2D eigenvalue weighted by molar-refractivity contribution is 0.102. The monoisotopic (exact) mass is 407 g/mol. The zero-order valence-electron chi connectivity index (χ0n) is 13.8. The fourth-order valence-electron chi connectivity index (χ4n) is 2.65. The Morgan fingerprint density at radius 3 is 2.73 bits per heavy atom. The van der Waals surface area contributed by atoms with Crippen molar-refractivity contribution < 1.29 is 4.79 Å². The highest BCUT2D eigenvalue weighted by molar-refractivity contribution is 9.10. The summed E-state index contributed by atoms with van der Waals surface area (Å²) in [6, 6.07) is 18.6. The van der Waals surface area contributed by atoms with E-state index in [4.69, 9.17) is 0 Å². The van der Waals surface area contributed by atoms with Crippen molar-refractivity contribution in [1.29, 1.82) is 0 Å². The molecule has 0 fully saturated rings. The first-order chi connectivity index (χ1) is 12.6. The summed E-state index contributed by atoms with van der Waals surface area (Å²) in [6.45, 7) is 1.85. The number of nitrogens with zero attached hydrogens (tertiary/aromatic N) is 4. The first kappa shape index (κ1) is 16.4. The molecule has 0 bridgehead atoms. The van der Waals surface area contributed by atoms with E-state index < -0.39 is 0 Å². The number of nitrogens with one attached hydrogen (secondary N) is 1. The number of fused-ring (bicyclic) bond motifs is 1. The molecule has 0 aliphatic rings. The molecule has 0 radical (unpaired) electrons. The van der Waals surface area contributed by atoms with E-state index in [0.717, 1.165) is 21.6 Å². The van der Waals surface area contributed by atoms with Crippen LogP contribution in [0.1, 0.15) is 16.2 Å². The third-order valence-electron chi connectivity index (χ3n) is 3.95. The maximum atomic E-state index is 12.5. The zero-order chi connectivity index (χ0) is 18.1. The minimum atomic E-state index is -0.173. The largest absolute Gasteiger partial charge is 0.322 e. The average molecular weight is 408 g/mol. The third kappa shape index (κ3) is 3.09. The zero-order valence-corrected chi connectivity index (χ0v) is 15.4. The van der Waals surface area contributed by atoms with Crippen LogP contribution in [-0.2, 0) is 0 Å². The van der Waals surface area contributed by atoms with E-state index >= 15 is 0 Å². The first-order valence-corrected chi connectivity index (χ1v) is 8.76. The van der Waals surface area contributed by atoms with Crippen molar-refractivity contribution in [3.05, 3.63) is 76.5 Å². The number of anilines is 1. The molecule has 4 rings (SSSR count). The molecular weight excluding hydrogens is 394 g/mol. The van der Waals surface area contributed by atoms with E-state index in [1.165, 1.54) is 0 Å². The number of carbonyl (C=O) groups excluding carboxylic acids is 1. The van der Waals surface area contributed by atoms with Gasteiger partial charge in [-0.1, -0.05) is 24.3 Å². The standard InChI is InChI=1S/C19H14BrN5O/c1-12-22-23-18-10-9-17(24-25(12)18)13-5-4-6-14(11-13)21-19(26)15-7-2-3-8-16(15)20/h2-11H,1H3,(H,21,26). The molecule has 0 atom stereocenters. The molecule has 1 amide bonds. The molecule has 7 heteroatoms. The number of halogens is 1. The molecule has 0 saturated carbocycles. The molecule has 0 aliphatic carbocycles. The number of amides is 1. The highest BCUT2D eigenvalue weighted by atomic mass is 79.9. The SMILES string of the molecule is Cc1nnc2ccc(-c3cccc(NC(=O)c4ccccc4Br)c3)nn12. The molecule has 26 heavy (non-hydrogen) atoms. The summed E-state index contributed by atoms with van der Waals surface area (Å²) >= 11 is 3.40. The van der Waals surface area contributed by atoms with Crippen molar-refractivity contribution in [2.45, 2.75) is 6.92 Å². The average Bonchev–Trinajstić information content (AvgIpc) is 3.03. The molecule has 128 valence electrons. The number of carbonyl (C=O) groups is 1. The lowest BCUT2D eigenvalue weighted by Crippen LogP contribution is -2.12. The van der Waals surface area contributed by atoms with Gasteiger partial charge in [-0.2, -0.15) is 9.61 Å². The van der Waals surface area contributed by atoms with Gasteiger partial charge in [-0.05, 0) is 59.3 Å². The topological polar surface area (TPSA) is 72.2 Å². The van der Waals surface area contributed by atoms with Gasteiger partial charge < -0.3 is 5.32 Å². The van der Waals surface area contributed by atoms with E-state index in [0.29, 0.717) is 16.9 Å². The third-order valence-corrected chi connectivity index (χ3v) is 4.64. The van der Waals surface area contributed by atoms with Crippen molar-refractivity contribution >= 4 is 33.2 Å². The van der Waals surface area contributed by atoms with Gasteiger partial charge in [0.25, 0.3) is 5.91 Å². The molecule has 0 unspecified atom stereocenters. The number of hydrogen-bond acceptors (Lipinski definition) is 4. The van der Waals surface area contributed by atoms with E-state index in [2.05, 4.69) is 36.5 Å². The van der Waals surface area contributed by atoms with Gasteiger partial charge in [0.15, 0.2) is 11.5 Å². The van der Waals surface area contributed by atoms with Crippen LogP contribution in [-0.4, -0.2) is 25.7 Å². The van der Waals surface area contributed by atoms with Crippen LogP contribution in [0.4, 0.5) is 5.69 Å². The predicted molar refractivity (Wildman–Crippen MR) is 103 cm³/mol. The van der Waals surface area contributed by atoms with E-state index in [1.807, 2.05) is 61.5 Å². The summed E-state index contributed by atoms with van der Waals surface area (Å²) in [5.74, 6) is 0.549. The summed E-state index contributed by atoms with van der Waals surface area (Å²) in [6.07, 6.45) is 0. The molecule has 4 aromatic rings. The van der Waals surface area contributed by atoms with Crippen molar-refractivity contribution in [3.63, 3.8) is 0 Å². The van der Waals surface area contributed by atoms with Crippen LogP contribution in [0.2, 0.25) is 0 Å². The smallest absolute Gasteiger partial charge is 0.256 e. The summed E-state index contributed by atoms with van der Waals surface area (Å²) < 4.78 is 2.45. The quantitative estimate of drug-likeness (QED) is 0.554. The van der Waals surface area contributed by atoms with Gasteiger partial charge in [0.1, 0.15) is 0 Å². The van der Waals surface area contributed by atoms with Gasteiger partial charge in [0.05, 0.1) is 11.3 Å². The fraction of sp³-hybridized carbons (Fsp3) is 0.0526. The summed E-state index contributed by atoms with van der Waals surface area (Å²) in [7, 11) is 0. The number of hydrogen-bond donors (Lipinski definition) is 1. The Kier molecular flexibility index (Phi) is 4.22. The van der Waals surface area contributed by atoms with E-state index in [-0.39, 0.29) is 5.91 Å². The van der Waals surface area contributed by atoms with Crippen molar-refractivity contribution in [1.82, 2.24) is 19.8 Å². The molecule has 2 aromatic heterocycles. The Bertz CT molecular complexity index is 1120. The molecule has 0 saturated heterocycles.